The molecule has 1 aliphatic carbocycles. The number of aromatic nitrogens is 2. The summed E-state index contributed by atoms with van der Waals surface area (Å²) in [6, 6.07) is 1.79. The molecule has 5 nitrogen and oxygen atoms in total. The molecule has 1 saturated heterocycles. The van der Waals surface area contributed by atoms with Gasteiger partial charge in [-0.3, -0.25) is 4.79 Å². The third-order valence-electron chi connectivity index (χ3n) is 4.03. The molecule has 1 aliphatic heterocycles. The van der Waals surface area contributed by atoms with Gasteiger partial charge in [0.15, 0.2) is 0 Å². The van der Waals surface area contributed by atoms with Crippen LogP contribution in [0.1, 0.15) is 44.7 Å². The lowest BCUT2D eigenvalue weighted by atomic mass is 9.98. The number of thioether (sulfide) groups is 1. The molecule has 1 aromatic rings. The summed E-state index contributed by atoms with van der Waals surface area (Å²) in [5.41, 5.74) is 0.674. The van der Waals surface area contributed by atoms with Crippen LogP contribution >= 0.6 is 11.8 Å². The van der Waals surface area contributed by atoms with Crippen molar-refractivity contribution in [2.75, 3.05) is 6.61 Å². The van der Waals surface area contributed by atoms with Crippen molar-refractivity contribution in [3.05, 3.63) is 22.1 Å². The van der Waals surface area contributed by atoms with Gasteiger partial charge in [0.25, 0.3) is 5.56 Å². The Hall–Kier alpha value is -1.32. The normalized spacial score (nSPS) is 24.0. The van der Waals surface area contributed by atoms with Crippen molar-refractivity contribution in [2.24, 2.45) is 5.92 Å². The van der Waals surface area contributed by atoms with Crippen molar-refractivity contribution in [2.45, 2.75) is 56.1 Å². The molecule has 2 fully saturated rings. The maximum absolute atomic E-state index is 12.4. The molecule has 2 aliphatic rings. The van der Waals surface area contributed by atoms with E-state index in [0.717, 1.165) is 36.7 Å². The molecule has 0 N–H and O–H groups in total. The van der Waals surface area contributed by atoms with E-state index in [1.807, 2.05) is 5.40 Å². The molecule has 0 spiro atoms. The largest absolute Gasteiger partial charge is 0.375 e. The highest BCUT2D eigenvalue weighted by molar-refractivity contribution is 8.03. The first-order valence-corrected chi connectivity index (χ1v) is 8.12. The van der Waals surface area contributed by atoms with Gasteiger partial charge < -0.3 is 4.74 Å². The van der Waals surface area contributed by atoms with Crippen molar-refractivity contribution >= 4 is 11.8 Å². The van der Waals surface area contributed by atoms with E-state index in [0.29, 0.717) is 29.9 Å². The Morgan fingerprint density at radius 2 is 2.33 bits per heavy atom. The Morgan fingerprint density at radius 1 is 1.57 bits per heavy atom. The van der Waals surface area contributed by atoms with Gasteiger partial charge in [-0.15, -0.1) is 0 Å². The summed E-state index contributed by atoms with van der Waals surface area (Å²) in [6.07, 6.45) is 3.18. The van der Waals surface area contributed by atoms with Crippen LogP contribution in [-0.4, -0.2) is 22.0 Å². The predicted molar refractivity (Wildman–Crippen MR) is 80.1 cm³/mol. The van der Waals surface area contributed by atoms with Crippen LogP contribution in [0.2, 0.25) is 0 Å². The second-order valence-corrected chi connectivity index (χ2v) is 7.36. The molecule has 2 heterocycles. The summed E-state index contributed by atoms with van der Waals surface area (Å²) >= 11 is 0.934. The van der Waals surface area contributed by atoms with E-state index in [1.54, 1.807) is 10.7 Å². The van der Waals surface area contributed by atoms with Gasteiger partial charge in [0.05, 0.1) is 29.3 Å². The Balaban J connectivity index is 1.86. The first-order chi connectivity index (χ1) is 9.98. The molecule has 0 aromatic carbocycles. The molecule has 1 unspecified atom stereocenters. The van der Waals surface area contributed by atoms with E-state index < -0.39 is 0 Å². The molecule has 112 valence electrons. The van der Waals surface area contributed by atoms with Gasteiger partial charge in [-0.2, -0.15) is 10.4 Å². The number of hydrogen-bond acceptors (Lipinski definition) is 5. The Morgan fingerprint density at radius 3 is 2.90 bits per heavy atom. The maximum atomic E-state index is 12.4. The molecular weight excluding hydrogens is 286 g/mol. The van der Waals surface area contributed by atoms with Crippen LogP contribution in [0.3, 0.4) is 0 Å². The zero-order valence-corrected chi connectivity index (χ0v) is 13.2. The lowest BCUT2D eigenvalue weighted by molar-refractivity contribution is 0.0346. The van der Waals surface area contributed by atoms with Gasteiger partial charge in [0, 0.05) is 11.8 Å². The SMILES string of the molecule is CC1(C)CC(Cn2nc(C3CC3)cc(SC#N)c2=O)CO1. The van der Waals surface area contributed by atoms with Gasteiger partial charge in [-0.05, 0) is 50.9 Å². The first kappa shape index (κ1) is 14.6. The highest BCUT2D eigenvalue weighted by Crippen LogP contribution is 2.39. The topological polar surface area (TPSA) is 67.9 Å². The summed E-state index contributed by atoms with van der Waals surface area (Å²) in [5.74, 6) is 0.769. The van der Waals surface area contributed by atoms with Crippen molar-refractivity contribution in [1.29, 1.82) is 5.26 Å². The molecule has 0 amide bonds. The number of rotatable bonds is 4. The minimum Gasteiger partial charge on any atom is -0.375 e. The Bertz CT molecular complexity index is 643. The van der Waals surface area contributed by atoms with E-state index in [2.05, 4.69) is 18.9 Å². The standard InChI is InChI=1S/C15H19N3O2S/c1-15(2)6-10(8-20-15)7-18-14(19)13(21-9-16)5-12(17-18)11-3-4-11/h5,10-11H,3-4,6-8H2,1-2H3. The van der Waals surface area contributed by atoms with E-state index >= 15 is 0 Å². The molecule has 1 atom stereocenters. The van der Waals surface area contributed by atoms with Crippen LogP contribution in [0.5, 0.6) is 0 Å². The third-order valence-corrected chi connectivity index (χ3v) is 4.64. The molecule has 1 saturated carbocycles. The molecule has 3 rings (SSSR count). The van der Waals surface area contributed by atoms with Crippen molar-refractivity contribution in [3.63, 3.8) is 0 Å². The van der Waals surface area contributed by atoms with Gasteiger partial charge >= 0.3 is 0 Å². The maximum Gasteiger partial charge on any atom is 0.281 e. The van der Waals surface area contributed by atoms with E-state index in [-0.39, 0.29) is 11.2 Å². The number of nitrogens with zero attached hydrogens (tertiary/aromatic N) is 3. The minimum atomic E-state index is -0.157. The van der Waals surface area contributed by atoms with Crippen LogP contribution in [0.15, 0.2) is 15.8 Å². The average molecular weight is 305 g/mol. The Kier molecular flexibility index (Phi) is 3.80. The van der Waals surface area contributed by atoms with Crippen molar-refractivity contribution in [1.82, 2.24) is 9.78 Å². The monoisotopic (exact) mass is 305 g/mol. The number of nitriles is 1. The number of thiocyanates is 1. The fourth-order valence-corrected chi connectivity index (χ4v) is 3.35. The average Bonchev–Trinajstić information content (AvgIpc) is 3.20. The summed E-state index contributed by atoms with van der Waals surface area (Å²) < 4.78 is 7.28. The third kappa shape index (κ3) is 3.30. The highest BCUT2D eigenvalue weighted by Gasteiger charge is 2.33. The summed E-state index contributed by atoms with van der Waals surface area (Å²) in [5, 5.41) is 15.4. The van der Waals surface area contributed by atoms with Gasteiger partial charge in [-0.1, -0.05) is 0 Å². The van der Waals surface area contributed by atoms with Crippen LogP contribution in [0, 0.1) is 16.6 Å². The molecular formula is C15H19N3O2S. The van der Waals surface area contributed by atoms with Crippen LogP contribution in [-0.2, 0) is 11.3 Å². The fourth-order valence-electron chi connectivity index (χ4n) is 2.88. The molecule has 1 aromatic heterocycles. The smallest absolute Gasteiger partial charge is 0.281 e. The number of ether oxygens (including phenoxy) is 1. The number of hydrogen-bond donors (Lipinski definition) is 0. The molecule has 21 heavy (non-hydrogen) atoms. The van der Waals surface area contributed by atoms with Gasteiger partial charge in [0.1, 0.15) is 5.40 Å². The van der Waals surface area contributed by atoms with Gasteiger partial charge in [0.2, 0.25) is 0 Å². The lowest BCUT2D eigenvalue weighted by Gasteiger charge is -2.16. The predicted octanol–water partition coefficient (Wildman–Crippen LogP) is 2.51. The van der Waals surface area contributed by atoms with E-state index in [9.17, 15) is 4.79 Å². The second-order valence-electron chi connectivity index (χ2n) is 6.53. The summed E-state index contributed by atoms with van der Waals surface area (Å²) in [7, 11) is 0. The fraction of sp³-hybridized carbons (Fsp3) is 0.667. The van der Waals surface area contributed by atoms with Crippen LogP contribution in [0.4, 0.5) is 0 Å². The highest BCUT2D eigenvalue weighted by atomic mass is 32.2. The second kappa shape index (κ2) is 5.47. The van der Waals surface area contributed by atoms with Crippen molar-refractivity contribution in [3.8, 4) is 5.40 Å². The minimum absolute atomic E-state index is 0.118. The van der Waals surface area contributed by atoms with Crippen LogP contribution < -0.4 is 5.56 Å². The lowest BCUT2D eigenvalue weighted by Crippen LogP contribution is -2.29. The van der Waals surface area contributed by atoms with Gasteiger partial charge in [-0.25, -0.2) is 4.68 Å². The summed E-state index contributed by atoms with van der Waals surface area (Å²) in [6.45, 7) is 5.37. The zero-order chi connectivity index (χ0) is 15.0. The molecule has 6 heteroatoms. The quantitative estimate of drug-likeness (QED) is 0.631. The Labute approximate surface area is 128 Å². The zero-order valence-electron chi connectivity index (χ0n) is 12.3. The van der Waals surface area contributed by atoms with Crippen molar-refractivity contribution < 1.29 is 4.74 Å². The van der Waals surface area contributed by atoms with E-state index in [1.165, 1.54) is 0 Å². The molecule has 0 radical (unpaired) electrons. The first-order valence-electron chi connectivity index (χ1n) is 7.30. The van der Waals surface area contributed by atoms with E-state index in [4.69, 9.17) is 10.00 Å². The van der Waals surface area contributed by atoms with Crippen LogP contribution in [0.25, 0.3) is 0 Å². The summed E-state index contributed by atoms with van der Waals surface area (Å²) in [4.78, 5) is 12.9. The molecule has 0 bridgehead atoms.